The van der Waals surface area contributed by atoms with Crippen LogP contribution in [0.3, 0.4) is 0 Å². The van der Waals surface area contributed by atoms with E-state index in [9.17, 15) is 9.59 Å². The van der Waals surface area contributed by atoms with E-state index in [4.69, 9.17) is 13.9 Å². The van der Waals surface area contributed by atoms with E-state index in [1.54, 1.807) is 13.2 Å². The average molecular weight is 342 g/mol. The van der Waals surface area contributed by atoms with Gasteiger partial charge in [-0.3, -0.25) is 9.59 Å². The van der Waals surface area contributed by atoms with E-state index in [0.29, 0.717) is 18.8 Å². The van der Waals surface area contributed by atoms with E-state index in [1.165, 1.54) is 7.11 Å². The summed E-state index contributed by atoms with van der Waals surface area (Å²) in [6, 6.07) is 8.64. The van der Waals surface area contributed by atoms with Gasteiger partial charge in [0, 0.05) is 31.3 Å². The van der Waals surface area contributed by atoms with Crippen molar-refractivity contribution in [3.63, 3.8) is 0 Å². The Morgan fingerprint density at radius 3 is 2.84 bits per heavy atom. The van der Waals surface area contributed by atoms with Gasteiger partial charge < -0.3 is 23.8 Å². The fraction of sp³-hybridized carbons (Fsp3) is 0.222. The average Bonchev–Trinajstić information content (AvgIpc) is 3.04. The van der Waals surface area contributed by atoms with Gasteiger partial charge in [-0.25, -0.2) is 0 Å². The molecule has 0 radical (unpaired) electrons. The molecule has 7 heteroatoms. The third kappa shape index (κ3) is 3.41. The van der Waals surface area contributed by atoms with E-state index < -0.39 is 11.3 Å². The number of hydrogen-bond acceptors (Lipinski definition) is 5. The van der Waals surface area contributed by atoms with Gasteiger partial charge in [-0.05, 0) is 18.2 Å². The number of amides is 1. The highest BCUT2D eigenvalue weighted by atomic mass is 16.5. The monoisotopic (exact) mass is 342 g/mol. The number of carbonyl (C=O) groups excluding carboxylic acids is 1. The van der Waals surface area contributed by atoms with Gasteiger partial charge in [0.15, 0.2) is 5.76 Å². The molecule has 0 saturated heterocycles. The number of ether oxygens (including phenoxy) is 2. The number of benzene rings is 1. The number of methoxy groups -OCH3 is 2. The highest BCUT2D eigenvalue weighted by molar-refractivity contribution is 6.07. The molecule has 1 aromatic carbocycles. The second kappa shape index (κ2) is 7.23. The van der Waals surface area contributed by atoms with Crippen molar-refractivity contribution in [3.8, 4) is 5.75 Å². The molecule has 0 spiro atoms. The molecule has 0 unspecified atom stereocenters. The summed E-state index contributed by atoms with van der Waals surface area (Å²) < 4.78 is 17.2. The lowest BCUT2D eigenvalue weighted by Gasteiger charge is -2.08. The number of fused-ring (bicyclic) bond motifs is 1. The topological polar surface area (TPSA) is 82.7 Å². The van der Waals surface area contributed by atoms with E-state index in [2.05, 4.69) is 5.32 Å². The van der Waals surface area contributed by atoms with Crippen molar-refractivity contribution >= 4 is 22.5 Å². The highest BCUT2D eigenvalue weighted by Gasteiger charge is 2.14. The second-order valence-electron chi connectivity index (χ2n) is 5.37. The van der Waals surface area contributed by atoms with Crippen LogP contribution in [-0.4, -0.2) is 31.3 Å². The molecule has 25 heavy (non-hydrogen) atoms. The second-order valence-corrected chi connectivity index (χ2v) is 5.37. The van der Waals surface area contributed by atoms with Crippen LogP contribution in [0.15, 0.2) is 52.0 Å². The van der Waals surface area contributed by atoms with E-state index in [0.717, 1.165) is 23.2 Å². The molecule has 7 nitrogen and oxygen atoms in total. The highest BCUT2D eigenvalue weighted by Crippen LogP contribution is 2.25. The lowest BCUT2D eigenvalue weighted by Crippen LogP contribution is -2.15. The van der Waals surface area contributed by atoms with Gasteiger partial charge in [0.25, 0.3) is 5.91 Å². The number of nitrogens with zero attached hydrogens (tertiary/aromatic N) is 1. The molecular formula is C18H18N2O5. The Kier molecular flexibility index (Phi) is 4.85. The number of anilines is 1. The van der Waals surface area contributed by atoms with Gasteiger partial charge in [-0.1, -0.05) is 6.07 Å². The van der Waals surface area contributed by atoms with Crippen molar-refractivity contribution < 1.29 is 18.7 Å². The summed E-state index contributed by atoms with van der Waals surface area (Å²) in [6.07, 6.45) is 3.06. The maximum Gasteiger partial charge on any atom is 0.291 e. The lowest BCUT2D eigenvalue weighted by molar-refractivity contribution is 0.0994. The molecule has 0 atom stereocenters. The molecule has 0 saturated carbocycles. The zero-order valence-electron chi connectivity index (χ0n) is 13.9. The van der Waals surface area contributed by atoms with Crippen LogP contribution in [0.4, 0.5) is 5.69 Å². The Bertz CT molecular complexity index is 957. The van der Waals surface area contributed by atoms with Crippen LogP contribution in [-0.2, 0) is 11.3 Å². The van der Waals surface area contributed by atoms with Crippen LogP contribution >= 0.6 is 0 Å². The summed E-state index contributed by atoms with van der Waals surface area (Å²) in [4.78, 5) is 24.1. The zero-order chi connectivity index (χ0) is 17.8. The number of nitrogens with one attached hydrogen (secondary N) is 1. The minimum Gasteiger partial charge on any atom is -0.490 e. The molecule has 0 aliphatic heterocycles. The Labute approximate surface area is 143 Å². The van der Waals surface area contributed by atoms with E-state index in [1.807, 2.05) is 29.0 Å². The van der Waals surface area contributed by atoms with Crippen LogP contribution in [0.2, 0.25) is 0 Å². The fourth-order valence-electron chi connectivity index (χ4n) is 2.57. The Morgan fingerprint density at radius 2 is 2.12 bits per heavy atom. The summed E-state index contributed by atoms with van der Waals surface area (Å²) in [5.41, 5.74) is 1.20. The summed E-state index contributed by atoms with van der Waals surface area (Å²) in [7, 11) is 3.01. The normalized spacial score (nSPS) is 10.8. The minimum atomic E-state index is -0.503. The van der Waals surface area contributed by atoms with Crippen molar-refractivity contribution in [2.45, 2.75) is 6.54 Å². The quantitative estimate of drug-likeness (QED) is 0.744. The molecule has 3 aromatic rings. The molecule has 0 aliphatic rings. The van der Waals surface area contributed by atoms with Crippen LogP contribution < -0.4 is 15.5 Å². The van der Waals surface area contributed by atoms with Crippen molar-refractivity contribution in [2.75, 3.05) is 26.1 Å². The molecule has 2 aromatic heterocycles. The molecule has 0 bridgehead atoms. The van der Waals surface area contributed by atoms with Crippen molar-refractivity contribution in [2.24, 2.45) is 0 Å². The van der Waals surface area contributed by atoms with Gasteiger partial charge in [0.05, 0.1) is 24.9 Å². The molecular weight excluding hydrogens is 324 g/mol. The van der Waals surface area contributed by atoms with Gasteiger partial charge in [0.2, 0.25) is 11.2 Å². The Balaban J connectivity index is 1.87. The van der Waals surface area contributed by atoms with Crippen LogP contribution in [0.1, 0.15) is 10.6 Å². The third-order valence-corrected chi connectivity index (χ3v) is 3.84. The van der Waals surface area contributed by atoms with Gasteiger partial charge in [-0.15, -0.1) is 0 Å². The third-order valence-electron chi connectivity index (χ3n) is 3.84. The number of rotatable bonds is 6. The molecule has 1 amide bonds. The van der Waals surface area contributed by atoms with Crippen molar-refractivity contribution in [1.29, 1.82) is 0 Å². The zero-order valence-corrected chi connectivity index (χ0v) is 13.9. The smallest absolute Gasteiger partial charge is 0.291 e. The van der Waals surface area contributed by atoms with Crippen LogP contribution in [0.25, 0.3) is 10.9 Å². The minimum absolute atomic E-state index is 0.0499. The first-order valence-corrected chi connectivity index (χ1v) is 7.69. The van der Waals surface area contributed by atoms with Crippen LogP contribution in [0, 0.1) is 0 Å². The Hall–Kier alpha value is -3.06. The first-order valence-electron chi connectivity index (χ1n) is 7.69. The first kappa shape index (κ1) is 16.8. The maximum absolute atomic E-state index is 12.4. The first-order chi connectivity index (χ1) is 12.1. The van der Waals surface area contributed by atoms with Gasteiger partial charge >= 0.3 is 0 Å². The van der Waals surface area contributed by atoms with E-state index in [-0.39, 0.29) is 11.5 Å². The summed E-state index contributed by atoms with van der Waals surface area (Å²) >= 11 is 0. The van der Waals surface area contributed by atoms with Gasteiger partial charge in [0.1, 0.15) is 6.26 Å². The molecule has 1 N–H and O–H groups in total. The molecule has 3 rings (SSSR count). The maximum atomic E-state index is 12.4. The molecule has 2 heterocycles. The lowest BCUT2D eigenvalue weighted by atomic mass is 10.2. The number of aromatic nitrogens is 1. The molecule has 0 aliphatic carbocycles. The fourth-order valence-corrected chi connectivity index (χ4v) is 2.57. The van der Waals surface area contributed by atoms with Gasteiger partial charge in [-0.2, -0.15) is 0 Å². The largest absolute Gasteiger partial charge is 0.490 e. The van der Waals surface area contributed by atoms with E-state index >= 15 is 0 Å². The molecule has 130 valence electrons. The predicted molar refractivity (Wildman–Crippen MR) is 93.3 cm³/mol. The predicted octanol–water partition coefficient (Wildman–Crippen LogP) is 2.50. The van der Waals surface area contributed by atoms with Crippen LogP contribution in [0.5, 0.6) is 5.75 Å². The van der Waals surface area contributed by atoms with Crippen molar-refractivity contribution in [1.82, 2.24) is 4.57 Å². The molecule has 0 fully saturated rings. The number of hydrogen-bond donors (Lipinski definition) is 1. The summed E-state index contributed by atoms with van der Waals surface area (Å²) in [5, 5.41) is 3.67. The standard InChI is InChI=1S/C18H18N2O5/c1-23-9-8-20-7-6-12-13(4-3-5-14(12)20)19-18(22)16-10-15(21)17(24-2)11-25-16/h3-7,10-11H,8-9H2,1-2H3,(H,19,22). The van der Waals surface area contributed by atoms with Crippen molar-refractivity contribution in [3.05, 3.63) is 58.8 Å². The Morgan fingerprint density at radius 1 is 1.28 bits per heavy atom. The SMILES string of the molecule is COCCn1ccc2c(NC(=O)c3cc(=O)c(OC)co3)cccc21. The number of carbonyl (C=O) groups is 1. The summed E-state index contributed by atoms with van der Waals surface area (Å²) in [5.74, 6) is -0.535. The summed E-state index contributed by atoms with van der Waals surface area (Å²) in [6.45, 7) is 1.31.